The number of carbonyl (C=O) groups excluding carboxylic acids is 1. The molecule has 0 atom stereocenters. The number of amides is 1. The minimum Gasteiger partial charge on any atom is -0.478 e. The van der Waals surface area contributed by atoms with E-state index in [1.165, 1.54) is 11.0 Å². The molecule has 5 nitrogen and oxygen atoms in total. The summed E-state index contributed by atoms with van der Waals surface area (Å²) >= 11 is 0. The second kappa shape index (κ2) is 9.36. The Morgan fingerprint density at radius 1 is 1.14 bits per heavy atom. The van der Waals surface area contributed by atoms with Crippen molar-refractivity contribution in [3.63, 3.8) is 0 Å². The first-order valence-electron chi connectivity index (χ1n) is 9.00. The Kier molecular flexibility index (Phi) is 7.14. The molecule has 2 aromatic rings. The van der Waals surface area contributed by atoms with E-state index >= 15 is 0 Å². The monoisotopic (exact) mass is 406 g/mol. The topological polar surface area (TPSA) is 81.5 Å². The molecule has 0 unspecified atom stereocenters. The Morgan fingerprint density at radius 3 is 2.28 bits per heavy atom. The largest absolute Gasteiger partial charge is 0.478 e. The molecule has 0 aliphatic carbocycles. The number of rotatable bonds is 8. The minimum absolute atomic E-state index is 0.255. The molecule has 154 valence electrons. The first kappa shape index (κ1) is 22.1. The second-order valence-corrected chi connectivity index (χ2v) is 6.45. The number of halogens is 3. The average molecular weight is 406 g/mol. The van der Waals surface area contributed by atoms with Gasteiger partial charge in [-0.25, -0.2) is 4.79 Å². The van der Waals surface area contributed by atoms with Gasteiger partial charge in [-0.2, -0.15) is 13.2 Å². The van der Waals surface area contributed by atoms with Gasteiger partial charge in [0.05, 0.1) is 11.1 Å². The smallest absolute Gasteiger partial charge is 0.417 e. The quantitative estimate of drug-likeness (QED) is 0.374. The molecular formula is C21H21F3N2O3. The van der Waals surface area contributed by atoms with Crippen LogP contribution in [0.1, 0.15) is 41.3 Å². The molecule has 0 saturated heterocycles. The highest BCUT2D eigenvalue weighted by Gasteiger charge is 2.35. The van der Waals surface area contributed by atoms with Crippen molar-refractivity contribution in [3.8, 4) is 11.1 Å². The van der Waals surface area contributed by atoms with Gasteiger partial charge in [0, 0.05) is 13.0 Å². The maximum absolute atomic E-state index is 13.0. The molecule has 0 heterocycles. The van der Waals surface area contributed by atoms with Crippen LogP contribution < -0.4 is 0 Å². The summed E-state index contributed by atoms with van der Waals surface area (Å²) in [7, 11) is 0. The van der Waals surface area contributed by atoms with E-state index in [0.29, 0.717) is 43.3 Å². The zero-order valence-corrected chi connectivity index (χ0v) is 15.8. The molecule has 1 amide bonds. The standard InChI is InChI=1S/C21H21F3N2O3/c1-2-26(13-27)19(25)5-3-4-14-6-8-15(9-7-14)16-10-11-18(21(22,23)24)17(12-16)20(28)29/h6-13,25H,2-5H2,1H3,(H,28,29). The molecule has 0 saturated carbocycles. The third kappa shape index (κ3) is 5.66. The van der Waals surface area contributed by atoms with Gasteiger partial charge in [0.15, 0.2) is 0 Å². The van der Waals surface area contributed by atoms with Gasteiger partial charge in [-0.3, -0.25) is 10.2 Å². The molecule has 0 aromatic heterocycles. The fourth-order valence-electron chi connectivity index (χ4n) is 2.94. The highest BCUT2D eigenvalue weighted by Crippen LogP contribution is 2.34. The van der Waals surface area contributed by atoms with Crippen LogP contribution in [0.15, 0.2) is 42.5 Å². The molecule has 2 aromatic carbocycles. The van der Waals surface area contributed by atoms with Crippen molar-refractivity contribution in [2.24, 2.45) is 0 Å². The fraction of sp³-hybridized carbons (Fsp3) is 0.286. The second-order valence-electron chi connectivity index (χ2n) is 6.45. The number of carboxylic acid groups (broad SMARTS) is 1. The number of nitrogens with zero attached hydrogens (tertiary/aromatic N) is 1. The third-order valence-electron chi connectivity index (χ3n) is 4.54. The molecule has 8 heteroatoms. The molecule has 0 fully saturated rings. The normalized spacial score (nSPS) is 11.2. The summed E-state index contributed by atoms with van der Waals surface area (Å²) in [6, 6.07) is 10.1. The predicted molar refractivity (Wildman–Crippen MR) is 103 cm³/mol. The third-order valence-corrected chi connectivity index (χ3v) is 4.54. The number of aryl methyl sites for hydroxylation is 1. The zero-order valence-electron chi connectivity index (χ0n) is 15.8. The summed E-state index contributed by atoms with van der Waals surface area (Å²) in [5, 5.41) is 17.0. The SMILES string of the molecule is CCN(C=O)C(=N)CCCc1ccc(-c2ccc(C(F)(F)F)c(C(=O)O)c2)cc1. The van der Waals surface area contributed by atoms with Crippen molar-refractivity contribution in [1.82, 2.24) is 4.90 Å². The highest BCUT2D eigenvalue weighted by molar-refractivity contribution is 5.91. The molecular weight excluding hydrogens is 385 g/mol. The van der Waals surface area contributed by atoms with E-state index in [0.717, 1.165) is 17.7 Å². The van der Waals surface area contributed by atoms with Crippen LogP contribution in [0.3, 0.4) is 0 Å². The molecule has 0 radical (unpaired) electrons. The van der Waals surface area contributed by atoms with E-state index in [1.54, 1.807) is 19.1 Å². The van der Waals surface area contributed by atoms with Gasteiger partial charge < -0.3 is 10.0 Å². The van der Waals surface area contributed by atoms with E-state index < -0.39 is 23.3 Å². The summed E-state index contributed by atoms with van der Waals surface area (Å²) in [5.41, 5.74) is 0.00251. The molecule has 0 aliphatic rings. The minimum atomic E-state index is -4.74. The maximum atomic E-state index is 13.0. The maximum Gasteiger partial charge on any atom is 0.417 e. The number of benzene rings is 2. The number of amidine groups is 1. The van der Waals surface area contributed by atoms with Gasteiger partial charge in [-0.15, -0.1) is 0 Å². The molecule has 0 aliphatic heterocycles. The van der Waals surface area contributed by atoms with E-state index in [4.69, 9.17) is 10.5 Å². The van der Waals surface area contributed by atoms with Gasteiger partial charge in [0.1, 0.15) is 5.84 Å². The van der Waals surface area contributed by atoms with Crippen LogP contribution in [0.5, 0.6) is 0 Å². The van der Waals surface area contributed by atoms with Gasteiger partial charge in [-0.1, -0.05) is 30.3 Å². The summed E-state index contributed by atoms with van der Waals surface area (Å²) in [6.07, 6.45) is -2.30. The van der Waals surface area contributed by atoms with Gasteiger partial charge in [0.25, 0.3) is 0 Å². The van der Waals surface area contributed by atoms with Crippen LogP contribution in [-0.4, -0.2) is 34.8 Å². The first-order valence-corrected chi connectivity index (χ1v) is 9.00. The highest BCUT2D eigenvalue weighted by atomic mass is 19.4. The fourth-order valence-corrected chi connectivity index (χ4v) is 2.94. The van der Waals surface area contributed by atoms with E-state index in [2.05, 4.69) is 0 Å². The zero-order chi connectivity index (χ0) is 21.6. The van der Waals surface area contributed by atoms with E-state index in [-0.39, 0.29) is 5.84 Å². The number of hydrogen-bond donors (Lipinski definition) is 2. The number of alkyl halides is 3. The lowest BCUT2D eigenvalue weighted by atomic mass is 9.97. The van der Waals surface area contributed by atoms with Crippen molar-refractivity contribution < 1.29 is 27.9 Å². The Hall–Kier alpha value is -3.16. The van der Waals surface area contributed by atoms with Gasteiger partial charge in [0.2, 0.25) is 6.41 Å². The van der Waals surface area contributed by atoms with Crippen molar-refractivity contribution in [1.29, 1.82) is 5.41 Å². The van der Waals surface area contributed by atoms with Crippen LogP contribution in [0.4, 0.5) is 13.2 Å². The molecule has 0 bridgehead atoms. The first-order chi connectivity index (χ1) is 13.7. The summed E-state index contributed by atoms with van der Waals surface area (Å²) in [4.78, 5) is 23.4. The Balaban J connectivity index is 2.10. The number of carbonyl (C=O) groups is 2. The van der Waals surface area contributed by atoms with E-state index in [9.17, 15) is 22.8 Å². The lowest BCUT2D eigenvalue weighted by Crippen LogP contribution is -2.28. The number of carboxylic acids is 1. The predicted octanol–water partition coefficient (Wildman–Crippen LogP) is 4.85. The number of aromatic carboxylic acids is 1. The molecule has 0 spiro atoms. The summed E-state index contributed by atoms with van der Waals surface area (Å²) < 4.78 is 38.9. The van der Waals surface area contributed by atoms with Crippen molar-refractivity contribution >= 4 is 18.2 Å². The lowest BCUT2D eigenvalue weighted by molar-refractivity contribution is -0.138. The van der Waals surface area contributed by atoms with E-state index in [1.807, 2.05) is 12.1 Å². The van der Waals surface area contributed by atoms with Gasteiger partial charge >= 0.3 is 12.1 Å². The van der Waals surface area contributed by atoms with Crippen LogP contribution in [0, 0.1) is 5.41 Å². The van der Waals surface area contributed by atoms with Crippen LogP contribution >= 0.6 is 0 Å². The summed E-state index contributed by atoms with van der Waals surface area (Å²) in [6.45, 7) is 2.24. The Bertz CT molecular complexity index is 893. The number of hydrogen-bond acceptors (Lipinski definition) is 3. The average Bonchev–Trinajstić information content (AvgIpc) is 2.68. The van der Waals surface area contributed by atoms with Crippen molar-refractivity contribution in [3.05, 3.63) is 59.2 Å². The van der Waals surface area contributed by atoms with Crippen LogP contribution in [-0.2, 0) is 17.4 Å². The lowest BCUT2D eigenvalue weighted by Gasteiger charge is -2.15. The van der Waals surface area contributed by atoms with Crippen molar-refractivity contribution in [2.75, 3.05) is 6.54 Å². The Labute approximate surface area is 166 Å². The Morgan fingerprint density at radius 2 is 1.76 bits per heavy atom. The van der Waals surface area contributed by atoms with Gasteiger partial charge in [-0.05, 0) is 48.6 Å². The molecule has 2 rings (SSSR count). The van der Waals surface area contributed by atoms with Crippen molar-refractivity contribution in [2.45, 2.75) is 32.4 Å². The van der Waals surface area contributed by atoms with Crippen LogP contribution in [0.25, 0.3) is 11.1 Å². The molecule has 2 N–H and O–H groups in total. The molecule has 29 heavy (non-hydrogen) atoms. The summed E-state index contributed by atoms with van der Waals surface area (Å²) in [5.74, 6) is -1.38. The van der Waals surface area contributed by atoms with Crippen LogP contribution in [0.2, 0.25) is 0 Å². The number of nitrogens with one attached hydrogen (secondary N) is 1.